The van der Waals surface area contributed by atoms with Crippen LogP contribution in [0.2, 0.25) is 0 Å². The van der Waals surface area contributed by atoms with Gasteiger partial charge in [0, 0.05) is 12.3 Å². The maximum atomic E-state index is 11.2. The highest BCUT2D eigenvalue weighted by Crippen LogP contribution is 2.23. The van der Waals surface area contributed by atoms with Crippen LogP contribution in [0.1, 0.15) is 17.3 Å². The Bertz CT molecular complexity index is 561. The van der Waals surface area contributed by atoms with Gasteiger partial charge in [0.05, 0.1) is 15.4 Å². The highest BCUT2D eigenvalue weighted by atomic mass is 32.2. The fraction of sp³-hybridized carbons (Fsp3) is 0.222. The number of Topliss-reactive ketones (excluding diaryl/α,β-unsaturated/α-hetero) is 1. The van der Waals surface area contributed by atoms with Crippen LogP contribution in [-0.4, -0.2) is 25.4 Å². The monoisotopic (exact) mass is 243 g/mol. The predicted molar refractivity (Wildman–Crippen MR) is 56.2 cm³/mol. The van der Waals surface area contributed by atoms with Gasteiger partial charge in [0.25, 0.3) is 5.69 Å². The van der Waals surface area contributed by atoms with Crippen molar-refractivity contribution in [1.29, 1.82) is 0 Å². The van der Waals surface area contributed by atoms with Gasteiger partial charge in [-0.05, 0) is 19.1 Å². The number of ketones is 1. The van der Waals surface area contributed by atoms with Crippen molar-refractivity contribution in [2.75, 3.05) is 6.26 Å². The van der Waals surface area contributed by atoms with E-state index in [1.807, 2.05) is 0 Å². The molecule has 0 atom stereocenters. The van der Waals surface area contributed by atoms with Crippen molar-refractivity contribution in [1.82, 2.24) is 0 Å². The van der Waals surface area contributed by atoms with Crippen LogP contribution in [-0.2, 0) is 9.84 Å². The third kappa shape index (κ3) is 2.43. The molecule has 0 aliphatic heterocycles. The highest BCUT2D eigenvalue weighted by molar-refractivity contribution is 7.90. The summed E-state index contributed by atoms with van der Waals surface area (Å²) in [6.45, 7) is 1.18. The Morgan fingerprint density at radius 2 is 1.94 bits per heavy atom. The van der Waals surface area contributed by atoms with Gasteiger partial charge in [-0.2, -0.15) is 0 Å². The lowest BCUT2D eigenvalue weighted by molar-refractivity contribution is -0.385. The number of carbonyl (C=O) groups is 1. The van der Waals surface area contributed by atoms with E-state index in [9.17, 15) is 23.3 Å². The number of carbonyl (C=O) groups excluding carboxylic acids is 1. The van der Waals surface area contributed by atoms with Crippen molar-refractivity contribution in [2.24, 2.45) is 0 Å². The molecule has 0 spiro atoms. The van der Waals surface area contributed by atoms with Crippen molar-refractivity contribution in [3.63, 3.8) is 0 Å². The Morgan fingerprint density at radius 3 is 2.31 bits per heavy atom. The molecule has 0 saturated heterocycles. The average molecular weight is 243 g/mol. The number of hydrogen-bond acceptors (Lipinski definition) is 5. The van der Waals surface area contributed by atoms with Crippen molar-refractivity contribution in [3.05, 3.63) is 33.9 Å². The van der Waals surface area contributed by atoms with Crippen LogP contribution in [0.4, 0.5) is 5.69 Å². The van der Waals surface area contributed by atoms with Crippen molar-refractivity contribution in [2.45, 2.75) is 11.8 Å². The minimum atomic E-state index is -3.52. The van der Waals surface area contributed by atoms with E-state index in [2.05, 4.69) is 0 Å². The van der Waals surface area contributed by atoms with Crippen LogP contribution in [0.15, 0.2) is 23.1 Å². The van der Waals surface area contributed by atoms with Crippen molar-refractivity contribution >= 4 is 21.3 Å². The normalized spacial score (nSPS) is 11.1. The Hall–Kier alpha value is -1.76. The molecular weight excluding hydrogens is 234 g/mol. The molecule has 1 aromatic carbocycles. The largest absolute Gasteiger partial charge is 0.294 e. The number of nitro benzene ring substituents is 1. The first-order chi connectivity index (χ1) is 7.23. The van der Waals surface area contributed by atoms with Crippen LogP contribution in [0.5, 0.6) is 0 Å². The van der Waals surface area contributed by atoms with Crippen LogP contribution < -0.4 is 0 Å². The summed E-state index contributed by atoms with van der Waals surface area (Å²) in [4.78, 5) is 20.8. The Labute approximate surface area is 92.0 Å². The second-order valence-corrected chi connectivity index (χ2v) is 5.28. The summed E-state index contributed by atoms with van der Waals surface area (Å²) in [6, 6.07) is 3.22. The van der Waals surface area contributed by atoms with Crippen molar-refractivity contribution < 1.29 is 18.1 Å². The summed E-state index contributed by atoms with van der Waals surface area (Å²) in [7, 11) is -3.52. The van der Waals surface area contributed by atoms with Gasteiger partial charge in [-0.3, -0.25) is 14.9 Å². The fourth-order valence-electron chi connectivity index (χ4n) is 1.19. The number of nitro groups is 1. The molecular formula is C9H9NO5S. The minimum Gasteiger partial charge on any atom is -0.294 e. The summed E-state index contributed by atoms with van der Waals surface area (Å²) in [5, 5.41) is 10.7. The zero-order valence-corrected chi connectivity index (χ0v) is 9.45. The number of benzene rings is 1. The molecule has 0 fully saturated rings. The molecule has 0 amide bonds. The third-order valence-electron chi connectivity index (χ3n) is 1.97. The van der Waals surface area contributed by atoms with Gasteiger partial charge >= 0.3 is 0 Å². The molecule has 86 valence electrons. The molecule has 7 heteroatoms. The quantitative estimate of drug-likeness (QED) is 0.451. The maximum Gasteiger partial charge on any atom is 0.281 e. The molecule has 6 nitrogen and oxygen atoms in total. The van der Waals surface area contributed by atoms with Crippen LogP contribution >= 0.6 is 0 Å². The number of hydrogen-bond donors (Lipinski definition) is 0. The molecule has 0 aliphatic carbocycles. The lowest BCUT2D eigenvalue weighted by Crippen LogP contribution is -2.04. The summed E-state index contributed by atoms with van der Waals surface area (Å²) in [5.74, 6) is -0.480. The molecule has 1 aromatic rings. The van der Waals surface area contributed by atoms with E-state index in [4.69, 9.17) is 0 Å². The topological polar surface area (TPSA) is 94.3 Å². The zero-order valence-electron chi connectivity index (χ0n) is 8.63. The molecule has 0 unspecified atom stereocenters. The number of sulfone groups is 1. The van der Waals surface area contributed by atoms with Gasteiger partial charge in [-0.25, -0.2) is 8.42 Å². The van der Waals surface area contributed by atoms with Gasteiger partial charge in [0.2, 0.25) is 0 Å². The van der Waals surface area contributed by atoms with Crippen molar-refractivity contribution in [3.8, 4) is 0 Å². The molecule has 1 rings (SSSR count). The summed E-state index contributed by atoms with van der Waals surface area (Å²) >= 11 is 0. The zero-order chi connectivity index (χ0) is 12.5. The molecule has 0 radical (unpaired) electrons. The smallest absolute Gasteiger partial charge is 0.281 e. The second kappa shape index (κ2) is 4.01. The lowest BCUT2D eigenvalue weighted by atomic mass is 10.1. The minimum absolute atomic E-state index is 0.0996. The molecule has 0 heterocycles. The second-order valence-electron chi connectivity index (χ2n) is 3.26. The van der Waals surface area contributed by atoms with E-state index in [0.29, 0.717) is 0 Å². The van der Waals surface area contributed by atoms with Crippen LogP contribution in [0, 0.1) is 10.1 Å². The van der Waals surface area contributed by atoms with Crippen LogP contribution in [0.25, 0.3) is 0 Å². The first kappa shape index (κ1) is 12.3. The van der Waals surface area contributed by atoms with Gasteiger partial charge in [-0.1, -0.05) is 0 Å². The summed E-state index contributed by atoms with van der Waals surface area (Å²) in [5.41, 5.74) is -0.590. The molecule has 0 saturated carbocycles. The van der Waals surface area contributed by atoms with E-state index >= 15 is 0 Å². The fourth-order valence-corrected chi connectivity index (χ4v) is 1.83. The molecule has 0 aliphatic rings. The van der Waals surface area contributed by atoms with E-state index in [0.717, 1.165) is 18.4 Å². The summed E-state index contributed by atoms with van der Waals surface area (Å²) in [6.07, 6.45) is 0.944. The number of rotatable bonds is 3. The third-order valence-corrected chi connectivity index (χ3v) is 3.08. The van der Waals surface area contributed by atoms with E-state index in [1.165, 1.54) is 13.0 Å². The predicted octanol–water partition coefficient (Wildman–Crippen LogP) is 1.20. The maximum absolute atomic E-state index is 11.2. The molecule has 16 heavy (non-hydrogen) atoms. The Kier molecular flexibility index (Phi) is 3.09. The molecule has 0 N–H and O–H groups in total. The van der Waals surface area contributed by atoms with Crippen LogP contribution in [0.3, 0.4) is 0 Å². The van der Waals surface area contributed by atoms with E-state index in [1.54, 1.807) is 0 Å². The van der Waals surface area contributed by atoms with Gasteiger partial charge in [0.15, 0.2) is 15.6 Å². The first-order valence-corrected chi connectivity index (χ1v) is 6.12. The number of nitrogens with zero attached hydrogens (tertiary/aromatic N) is 1. The van der Waals surface area contributed by atoms with Gasteiger partial charge in [-0.15, -0.1) is 0 Å². The standard InChI is InChI=1S/C9H9NO5S/c1-6(11)8-4-3-7(16(2,14)15)5-9(8)10(12)13/h3-5H,1-2H3. The average Bonchev–Trinajstić information content (AvgIpc) is 2.15. The van der Waals surface area contributed by atoms with Gasteiger partial charge < -0.3 is 0 Å². The highest BCUT2D eigenvalue weighted by Gasteiger charge is 2.20. The Morgan fingerprint density at radius 1 is 1.38 bits per heavy atom. The summed E-state index contributed by atoms with van der Waals surface area (Å²) < 4.78 is 22.4. The molecule has 0 aromatic heterocycles. The molecule has 0 bridgehead atoms. The SMILES string of the molecule is CC(=O)c1ccc(S(C)(=O)=O)cc1[N+](=O)[O-]. The lowest BCUT2D eigenvalue weighted by Gasteiger charge is -2.01. The van der Waals surface area contributed by atoms with E-state index in [-0.39, 0.29) is 10.5 Å². The van der Waals surface area contributed by atoms with E-state index < -0.39 is 26.2 Å². The first-order valence-electron chi connectivity index (χ1n) is 4.23. The Balaban J connectivity index is 3.52. The van der Waals surface area contributed by atoms with Gasteiger partial charge in [0.1, 0.15) is 0 Å².